The number of rotatable bonds is 3. The predicted octanol–water partition coefficient (Wildman–Crippen LogP) is -0.973. The van der Waals surface area contributed by atoms with Gasteiger partial charge in [0.15, 0.2) is 9.84 Å². The van der Waals surface area contributed by atoms with E-state index in [9.17, 15) is 13.2 Å². The number of piperidine rings is 1. The number of nitrogens with one attached hydrogen (secondary N) is 1. The van der Waals surface area contributed by atoms with Crippen molar-refractivity contribution in [3.8, 4) is 0 Å². The molecule has 0 saturated carbocycles. The van der Waals surface area contributed by atoms with Crippen molar-refractivity contribution in [1.29, 1.82) is 0 Å². The average Bonchev–Trinajstić information content (AvgIpc) is 2.18. The maximum atomic E-state index is 11.8. The highest BCUT2D eigenvalue weighted by molar-refractivity contribution is 7.93. The van der Waals surface area contributed by atoms with Gasteiger partial charge >= 0.3 is 0 Å². The Kier molecular flexibility index (Phi) is 3.49. The molecule has 1 rings (SSSR count). The van der Waals surface area contributed by atoms with Crippen molar-refractivity contribution in [2.75, 3.05) is 13.1 Å². The molecular formula is C8H16N2O3S. The van der Waals surface area contributed by atoms with Crippen molar-refractivity contribution >= 4 is 15.7 Å². The van der Waals surface area contributed by atoms with Crippen molar-refractivity contribution in [2.24, 2.45) is 5.73 Å². The molecule has 0 spiro atoms. The molecule has 0 aliphatic carbocycles. The zero-order chi connectivity index (χ0) is 10.8. The number of primary amides is 1. The lowest BCUT2D eigenvalue weighted by atomic mass is 10.2. The fourth-order valence-corrected chi connectivity index (χ4v) is 3.30. The van der Waals surface area contributed by atoms with E-state index in [1.807, 2.05) is 0 Å². The van der Waals surface area contributed by atoms with Crippen LogP contribution in [-0.2, 0) is 14.6 Å². The van der Waals surface area contributed by atoms with Gasteiger partial charge in [-0.25, -0.2) is 8.42 Å². The molecule has 6 heteroatoms. The first-order chi connectivity index (χ1) is 6.46. The van der Waals surface area contributed by atoms with Gasteiger partial charge in [0.2, 0.25) is 5.91 Å². The van der Waals surface area contributed by atoms with Crippen LogP contribution < -0.4 is 11.1 Å². The van der Waals surface area contributed by atoms with Crippen LogP contribution in [0.5, 0.6) is 0 Å². The summed E-state index contributed by atoms with van der Waals surface area (Å²) in [5.41, 5.74) is 4.99. The van der Waals surface area contributed by atoms with Gasteiger partial charge in [-0.3, -0.25) is 4.79 Å². The molecule has 2 atom stereocenters. The zero-order valence-corrected chi connectivity index (χ0v) is 9.01. The molecule has 1 saturated heterocycles. The van der Waals surface area contributed by atoms with Crippen molar-refractivity contribution in [3.63, 3.8) is 0 Å². The van der Waals surface area contributed by atoms with Crippen LogP contribution in [0.2, 0.25) is 0 Å². The molecule has 5 nitrogen and oxygen atoms in total. The minimum atomic E-state index is -3.40. The van der Waals surface area contributed by atoms with E-state index >= 15 is 0 Å². The predicted molar refractivity (Wildman–Crippen MR) is 53.5 cm³/mol. The van der Waals surface area contributed by atoms with Crippen molar-refractivity contribution in [2.45, 2.75) is 30.3 Å². The fraction of sp³-hybridized carbons (Fsp3) is 0.875. The Labute approximate surface area is 84.0 Å². The molecule has 0 radical (unpaired) electrons. The number of amides is 1. The molecule has 0 bridgehead atoms. The molecule has 0 aromatic heterocycles. The maximum absolute atomic E-state index is 11.8. The Balaban J connectivity index is 2.78. The Morgan fingerprint density at radius 1 is 1.57 bits per heavy atom. The lowest BCUT2D eigenvalue weighted by molar-refractivity contribution is -0.117. The summed E-state index contributed by atoms with van der Waals surface area (Å²) in [7, 11) is -3.40. The normalized spacial score (nSPS) is 25.6. The van der Waals surface area contributed by atoms with Gasteiger partial charge in [0, 0.05) is 6.54 Å². The summed E-state index contributed by atoms with van der Waals surface area (Å²) in [5.74, 6) is -0.768. The number of sulfone groups is 1. The highest BCUT2D eigenvalue weighted by atomic mass is 32.2. The molecule has 1 aliphatic heterocycles. The van der Waals surface area contributed by atoms with Crippen LogP contribution in [-0.4, -0.2) is 37.9 Å². The molecule has 3 N–H and O–H groups in total. The third-order valence-electron chi connectivity index (χ3n) is 2.61. The molecular weight excluding hydrogens is 204 g/mol. The van der Waals surface area contributed by atoms with E-state index in [-0.39, 0.29) is 0 Å². The molecule has 0 aromatic carbocycles. The van der Waals surface area contributed by atoms with E-state index in [0.29, 0.717) is 13.0 Å². The highest BCUT2D eigenvalue weighted by Crippen LogP contribution is 2.16. The van der Waals surface area contributed by atoms with Crippen LogP contribution in [0.3, 0.4) is 0 Å². The molecule has 1 heterocycles. The number of carbonyl (C=O) groups is 1. The van der Waals surface area contributed by atoms with E-state index in [2.05, 4.69) is 5.32 Å². The number of nitrogens with two attached hydrogens (primary N) is 1. The lowest BCUT2D eigenvalue weighted by Gasteiger charge is -2.24. The smallest absolute Gasteiger partial charge is 0.235 e. The summed E-state index contributed by atoms with van der Waals surface area (Å²) in [6, 6.07) is 0. The quantitative estimate of drug-likeness (QED) is 0.640. The Morgan fingerprint density at radius 3 is 2.64 bits per heavy atom. The van der Waals surface area contributed by atoms with E-state index < -0.39 is 26.2 Å². The van der Waals surface area contributed by atoms with Gasteiger partial charge in [-0.15, -0.1) is 0 Å². The van der Waals surface area contributed by atoms with E-state index in [1.165, 1.54) is 6.92 Å². The van der Waals surface area contributed by atoms with Crippen LogP contribution in [0.1, 0.15) is 19.8 Å². The van der Waals surface area contributed by atoms with Crippen LogP contribution in [0.15, 0.2) is 0 Å². The van der Waals surface area contributed by atoms with Crippen molar-refractivity contribution < 1.29 is 13.2 Å². The molecule has 2 unspecified atom stereocenters. The first kappa shape index (κ1) is 11.5. The van der Waals surface area contributed by atoms with Crippen LogP contribution >= 0.6 is 0 Å². The first-order valence-corrected chi connectivity index (χ1v) is 6.30. The summed E-state index contributed by atoms with van der Waals surface area (Å²) >= 11 is 0. The second-order valence-corrected chi connectivity index (χ2v) is 6.15. The SMILES string of the molecule is CC(C(N)=O)S(=O)(=O)C1CCCNC1. The van der Waals surface area contributed by atoms with Crippen molar-refractivity contribution in [1.82, 2.24) is 5.32 Å². The second-order valence-electron chi connectivity index (χ2n) is 3.60. The van der Waals surface area contributed by atoms with Crippen LogP contribution in [0.25, 0.3) is 0 Å². The standard InChI is InChI=1S/C8H16N2O3S/c1-6(8(9)11)14(12,13)7-3-2-4-10-5-7/h6-7,10H,2-5H2,1H3,(H2,9,11). The third-order valence-corrected chi connectivity index (χ3v) is 5.16. The Hall–Kier alpha value is -0.620. The van der Waals surface area contributed by atoms with Gasteiger partial charge in [0.1, 0.15) is 5.25 Å². The zero-order valence-electron chi connectivity index (χ0n) is 8.19. The second kappa shape index (κ2) is 4.27. The van der Waals surface area contributed by atoms with Gasteiger partial charge in [-0.05, 0) is 26.3 Å². The monoisotopic (exact) mass is 220 g/mol. The van der Waals surface area contributed by atoms with Crippen molar-refractivity contribution in [3.05, 3.63) is 0 Å². The van der Waals surface area contributed by atoms with Gasteiger partial charge < -0.3 is 11.1 Å². The van der Waals surface area contributed by atoms with E-state index in [1.54, 1.807) is 0 Å². The number of hydrogen-bond donors (Lipinski definition) is 2. The summed E-state index contributed by atoms with van der Waals surface area (Å²) in [6.07, 6.45) is 1.45. The summed E-state index contributed by atoms with van der Waals surface area (Å²) in [5, 5.41) is 1.47. The van der Waals surface area contributed by atoms with E-state index in [4.69, 9.17) is 5.73 Å². The molecule has 1 amide bonds. The number of hydrogen-bond acceptors (Lipinski definition) is 4. The summed E-state index contributed by atoms with van der Waals surface area (Å²) in [4.78, 5) is 10.8. The molecule has 82 valence electrons. The number of carbonyl (C=O) groups excluding carboxylic acids is 1. The lowest BCUT2D eigenvalue weighted by Crippen LogP contribution is -2.45. The third kappa shape index (κ3) is 2.24. The molecule has 0 aromatic rings. The summed E-state index contributed by atoms with van der Waals surface area (Å²) < 4.78 is 23.6. The van der Waals surface area contributed by atoms with Crippen LogP contribution in [0, 0.1) is 0 Å². The largest absolute Gasteiger partial charge is 0.369 e. The minimum Gasteiger partial charge on any atom is -0.369 e. The summed E-state index contributed by atoms with van der Waals surface area (Å²) in [6.45, 7) is 2.63. The van der Waals surface area contributed by atoms with E-state index in [0.717, 1.165) is 13.0 Å². The first-order valence-electron chi connectivity index (χ1n) is 4.69. The highest BCUT2D eigenvalue weighted by Gasteiger charge is 2.34. The topological polar surface area (TPSA) is 89.3 Å². The Bertz CT molecular complexity index is 307. The Morgan fingerprint density at radius 2 is 2.21 bits per heavy atom. The van der Waals surface area contributed by atoms with Gasteiger partial charge in [0.25, 0.3) is 0 Å². The van der Waals surface area contributed by atoms with Gasteiger partial charge in [0.05, 0.1) is 5.25 Å². The average molecular weight is 220 g/mol. The molecule has 1 fully saturated rings. The fourth-order valence-electron chi connectivity index (χ4n) is 1.55. The van der Waals surface area contributed by atoms with Crippen LogP contribution in [0.4, 0.5) is 0 Å². The van der Waals surface area contributed by atoms with Gasteiger partial charge in [-0.1, -0.05) is 0 Å². The molecule has 1 aliphatic rings. The van der Waals surface area contributed by atoms with Gasteiger partial charge in [-0.2, -0.15) is 0 Å². The minimum absolute atomic E-state index is 0.431. The maximum Gasteiger partial charge on any atom is 0.235 e. The molecule has 14 heavy (non-hydrogen) atoms.